The molecule has 192 valence electrons. The van der Waals surface area contributed by atoms with Crippen LogP contribution in [0.4, 0.5) is 0 Å². The molecule has 9 nitrogen and oxygen atoms in total. The molecule has 0 bridgehead atoms. The molecule has 1 unspecified atom stereocenters. The zero-order chi connectivity index (χ0) is 26.5. The monoisotopic (exact) mass is 531 g/mol. The number of hydrogen-bond acceptors (Lipinski definition) is 7. The highest BCUT2D eigenvalue weighted by atomic mass is 32.2. The Morgan fingerprint density at radius 3 is 2.44 bits per heavy atom. The minimum atomic E-state index is -1.34. The van der Waals surface area contributed by atoms with Gasteiger partial charge in [0.15, 0.2) is 0 Å². The van der Waals surface area contributed by atoms with E-state index in [1.54, 1.807) is 41.8 Å². The summed E-state index contributed by atoms with van der Waals surface area (Å²) in [6, 6.07) is 8.53. The van der Waals surface area contributed by atoms with Gasteiger partial charge in [0.2, 0.25) is 5.91 Å². The number of rotatable bonds is 9. The number of thiophene rings is 1. The molecule has 0 aliphatic carbocycles. The summed E-state index contributed by atoms with van der Waals surface area (Å²) in [4.78, 5) is 51.2. The number of benzene rings is 1. The second-order valence-electron chi connectivity index (χ2n) is 9.36. The fraction of sp³-hybridized carbons (Fsp3) is 0.360. The van der Waals surface area contributed by atoms with Crippen LogP contribution in [0.25, 0.3) is 0 Å². The fourth-order valence-corrected chi connectivity index (χ4v) is 5.66. The van der Waals surface area contributed by atoms with Gasteiger partial charge in [-0.25, -0.2) is 4.79 Å². The molecule has 2 atom stereocenters. The molecule has 2 aromatic rings. The standard InChI is InChI=1S/C25H29N3O6S2/c1-24(2,3)25(10-9-19(36-25)21(31)26-13-15-6-4-7-16(29)12-15)23(34)28-17(22(32)33)14-27-20(30)18-8-5-11-35-18/h4-9,11-12,17,29H,10,13-14H2,1-3H3,(H,26,31)(H,27,30)(H,28,34)(H,32,33)/t17-,25?/m0/s1. The lowest BCUT2D eigenvalue weighted by Crippen LogP contribution is -2.57. The van der Waals surface area contributed by atoms with Crippen molar-refractivity contribution in [2.24, 2.45) is 5.41 Å². The minimum Gasteiger partial charge on any atom is -0.508 e. The Morgan fingerprint density at radius 2 is 1.83 bits per heavy atom. The zero-order valence-electron chi connectivity index (χ0n) is 20.2. The highest BCUT2D eigenvalue weighted by Crippen LogP contribution is 2.52. The van der Waals surface area contributed by atoms with Crippen LogP contribution in [0.1, 0.15) is 42.4 Å². The first-order valence-corrected chi connectivity index (χ1v) is 12.9. The number of carboxylic acid groups (broad SMARTS) is 1. The van der Waals surface area contributed by atoms with Gasteiger partial charge in [-0.2, -0.15) is 0 Å². The third-order valence-corrected chi connectivity index (χ3v) is 8.59. The third kappa shape index (κ3) is 6.27. The number of phenolic OH excluding ortho intramolecular Hbond substituents is 1. The summed E-state index contributed by atoms with van der Waals surface area (Å²) >= 11 is 2.33. The molecule has 1 aromatic heterocycles. The molecule has 3 rings (SSSR count). The lowest BCUT2D eigenvalue weighted by atomic mass is 9.77. The third-order valence-electron chi connectivity index (χ3n) is 5.84. The van der Waals surface area contributed by atoms with Gasteiger partial charge in [-0.1, -0.05) is 45.0 Å². The number of aromatic hydroxyl groups is 1. The van der Waals surface area contributed by atoms with E-state index >= 15 is 0 Å². The van der Waals surface area contributed by atoms with Crippen LogP contribution in [0.15, 0.2) is 52.8 Å². The molecule has 3 amide bonds. The van der Waals surface area contributed by atoms with Gasteiger partial charge in [-0.15, -0.1) is 23.1 Å². The van der Waals surface area contributed by atoms with Crippen molar-refractivity contribution in [1.29, 1.82) is 0 Å². The quantitative estimate of drug-likeness (QED) is 0.335. The van der Waals surface area contributed by atoms with Crippen LogP contribution in [-0.2, 0) is 20.9 Å². The van der Waals surface area contributed by atoms with E-state index in [-0.39, 0.29) is 31.2 Å². The number of thioether (sulfide) groups is 1. The van der Waals surface area contributed by atoms with Gasteiger partial charge in [0.25, 0.3) is 11.8 Å². The van der Waals surface area contributed by atoms with E-state index in [4.69, 9.17) is 0 Å². The highest BCUT2D eigenvalue weighted by molar-refractivity contribution is 8.06. The SMILES string of the molecule is CC(C)(C)C1(C(=O)N[C@@H](CNC(=O)c2cccs2)C(=O)O)CC=C(C(=O)NCc2cccc(O)c2)S1. The number of carbonyl (C=O) groups is 4. The summed E-state index contributed by atoms with van der Waals surface area (Å²) in [5.41, 5.74) is 0.0927. The molecule has 0 radical (unpaired) electrons. The van der Waals surface area contributed by atoms with E-state index in [1.165, 1.54) is 17.4 Å². The molecule has 0 fully saturated rings. The topological polar surface area (TPSA) is 145 Å². The number of phenols is 1. The van der Waals surface area contributed by atoms with Gasteiger partial charge in [-0.05, 0) is 41.0 Å². The molecule has 0 saturated heterocycles. The number of nitrogens with one attached hydrogen (secondary N) is 3. The molecule has 36 heavy (non-hydrogen) atoms. The Morgan fingerprint density at radius 1 is 1.08 bits per heavy atom. The van der Waals surface area contributed by atoms with E-state index < -0.39 is 34.0 Å². The van der Waals surface area contributed by atoms with Gasteiger partial charge in [0, 0.05) is 13.1 Å². The molecule has 2 heterocycles. The molecular formula is C25H29N3O6S2. The Kier molecular flexibility index (Phi) is 8.47. The van der Waals surface area contributed by atoms with Crippen LogP contribution in [0, 0.1) is 5.41 Å². The van der Waals surface area contributed by atoms with Crippen LogP contribution in [0.3, 0.4) is 0 Å². The lowest BCUT2D eigenvalue weighted by molar-refractivity contribution is -0.142. The number of amides is 3. The fourth-order valence-electron chi connectivity index (χ4n) is 3.69. The van der Waals surface area contributed by atoms with Crippen molar-refractivity contribution in [1.82, 2.24) is 16.0 Å². The first-order chi connectivity index (χ1) is 16.9. The number of hydrogen-bond donors (Lipinski definition) is 5. The number of aliphatic carboxylic acids is 1. The van der Waals surface area contributed by atoms with Gasteiger partial charge in [-0.3, -0.25) is 14.4 Å². The maximum atomic E-state index is 13.5. The normalized spacial score (nSPS) is 18.1. The molecule has 11 heteroatoms. The summed E-state index contributed by atoms with van der Waals surface area (Å²) in [7, 11) is 0. The van der Waals surface area contributed by atoms with Crippen LogP contribution >= 0.6 is 23.1 Å². The van der Waals surface area contributed by atoms with E-state index in [1.807, 2.05) is 20.8 Å². The van der Waals surface area contributed by atoms with Crippen LogP contribution in [-0.4, -0.2) is 51.2 Å². The van der Waals surface area contributed by atoms with Crippen LogP contribution in [0.2, 0.25) is 0 Å². The van der Waals surface area contributed by atoms with E-state index in [0.29, 0.717) is 9.78 Å². The first-order valence-electron chi connectivity index (χ1n) is 11.2. The Labute approximate surface area is 217 Å². The molecule has 1 aliphatic rings. The minimum absolute atomic E-state index is 0.0965. The molecule has 1 aliphatic heterocycles. The molecule has 1 aromatic carbocycles. The van der Waals surface area contributed by atoms with E-state index in [2.05, 4.69) is 16.0 Å². The van der Waals surface area contributed by atoms with Crippen LogP contribution < -0.4 is 16.0 Å². The summed E-state index contributed by atoms with van der Waals surface area (Å²) < 4.78 is -1.13. The number of allylic oxidation sites excluding steroid dienone is 1. The van der Waals surface area contributed by atoms with Crippen molar-refractivity contribution in [2.75, 3.05) is 6.54 Å². The van der Waals surface area contributed by atoms with Crippen molar-refractivity contribution < 1.29 is 29.4 Å². The van der Waals surface area contributed by atoms with Crippen molar-refractivity contribution >= 4 is 46.8 Å². The van der Waals surface area contributed by atoms with E-state index in [9.17, 15) is 29.4 Å². The summed E-state index contributed by atoms with van der Waals surface area (Å²) in [6.45, 7) is 5.48. The Balaban J connectivity index is 1.66. The second kappa shape index (κ2) is 11.2. The van der Waals surface area contributed by atoms with Gasteiger partial charge in [0.05, 0.1) is 9.78 Å². The predicted molar refractivity (Wildman–Crippen MR) is 139 cm³/mol. The van der Waals surface area contributed by atoms with Crippen molar-refractivity contribution in [3.05, 3.63) is 63.2 Å². The molecule has 5 N–H and O–H groups in total. The number of carboxylic acids is 1. The predicted octanol–water partition coefficient (Wildman–Crippen LogP) is 2.88. The smallest absolute Gasteiger partial charge is 0.328 e. The highest BCUT2D eigenvalue weighted by Gasteiger charge is 2.53. The second-order valence-corrected chi connectivity index (χ2v) is 11.6. The van der Waals surface area contributed by atoms with Crippen molar-refractivity contribution in [3.8, 4) is 5.75 Å². The Hall–Kier alpha value is -3.31. The van der Waals surface area contributed by atoms with Gasteiger partial charge < -0.3 is 26.2 Å². The molecular weight excluding hydrogens is 502 g/mol. The van der Waals surface area contributed by atoms with Gasteiger partial charge >= 0.3 is 5.97 Å². The first kappa shape index (κ1) is 27.3. The van der Waals surface area contributed by atoms with Crippen LogP contribution in [0.5, 0.6) is 5.75 Å². The summed E-state index contributed by atoms with van der Waals surface area (Å²) in [6.07, 6.45) is 1.91. The van der Waals surface area contributed by atoms with E-state index in [0.717, 1.165) is 17.3 Å². The van der Waals surface area contributed by atoms with Crippen molar-refractivity contribution in [2.45, 2.75) is 44.5 Å². The lowest BCUT2D eigenvalue weighted by Gasteiger charge is -2.40. The van der Waals surface area contributed by atoms with Gasteiger partial charge in [0.1, 0.15) is 16.5 Å². The molecule has 0 spiro atoms. The maximum absolute atomic E-state index is 13.5. The maximum Gasteiger partial charge on any atom is 0.328 e. The largest absolute Gasteiger partial charge is 0.508 e. The average Bonchev–Trinajstić information content (AvgIpc) is 3.50. The number of carbonyl (C=O) groups excluding carboxylic acids is 3. The summed E-state index contributed by atoms with van der Waals surface area (Å²) in [5, 5.41) is 28.9. The van der Waals surface area contributed by atoms with Crippen molar-refractivity contribution in [3.63, 3.8) is 0 Å². The zero-order valence-corrected chi connectivity index (χ0v) is 21.8. The molecule has 0 saturated carbocycles. The Bertz CT molecular complexity index is 1170. The average molecular weight is 532 g/mol. The summed E-state index contributed by atoms with van der Waals surface area (Å²) in [5.74, 6) is -2.48.